The fraction of sp³-hybridized carbons (Fsp3) is 0.190. The molecule has 0 bridgehead atoms. The Labute approximate surface area is 173 Å². The van der Waals surface area contributed by atoms with Gasteiger partial charge in [0.25, 0.3) is 11.8 Å². The third-order valence-electron chi connectivity index (χ3n) is 4.86. The van der Waals surface area contributed by atoms with Gasteiger partial charge in [0, 0.05) is 23.8 Å². The molecule has 0 spiro atoms. The first-order valence-corrected chi connectivity index (χ1v) is 9.83. The van der Waals surface area contributed by atoms with Crippen LogP contribution >= 0.6 is 23.8 Å². The van der Waals surface area contributed by atoms with Gasteiger partial charge >= 0.3 is 0 Å². The predicted octanol–water partition coefficient (Wildman–Crippen LogP) is 3.77. The molecule has 4 rings (SSSR count). The minimum absolute atomic E-state index is 0.0393. The molecule has 2 amide bonds. The van der Waals surface area contributed by atoms with Gasteiger partial charge in [0.2, 0.25) is 0 Å². The van der Waals surface area contributed by atoms with E-state index in [1.54, 1.807) is 30.3 Å². The SMILES string of the molecule is O=C1NC(=S)N(c2ccc(Cl)cc2)C(=O)/C1=C/c1ccc(N2CCCC2)cc1. The topological polar surface area (TPSA) is 52.7 Å². The van der Waals surface area contributed by atoms with Gasteiger partial charge < -0.3 is 4.90 Å². The van der Waals surface area contributed by atoms with Crippen LogP contribution in [0.15, 0.2) is 54.1 Å². The fourth-order valence-electron chi connectivity index (χ4n) is 3.41. The zero-order valence-electron chi connectivity index (χ0n) is 15.0. The number of rotatable bonds is 3. The molecule has 2 aromatic carbocycles. The molecule has 0 aliphatic carbocycles. The van der Waals surface area contributed by atoms with Crippen molar-refractivity contribution in [3.63, 3.8) is 0 Å². The average Bonchev–Trinajstić information content (AvgIpc) is 3.22. The molecule has 0 aromatic heterocycles. The van der Waals surface area contributed by atoms with Gasteiger partial charge in [-0.1, -0.05) is 23.7 Å². The molecule has 2 heterocycles. The van der Waals surface area contributed by atoms with Crippen LogP contribution in [-0.4, -0.2) is 30.0 Å². The van der Waals surface area contributed by atoms with Gasteiger partial charge in [0.1, 0.15) is 5.57 Å². The number of benzene rings is 2. The summed E-state index contributed by atoms with van der Waals surface area (Å²) in [4.78, 5) is 29.0. The van der Waals surface area contributed by atoms with Crippen LogP contribution in [0.5, 0.6) is 0 Å². The number of thiocarbonyl (C=S) groups is 1. The number of hydrogen-bond acceptors (Lipinski definition) is 4. The van der Waals surface area contributed by atoms with Crippen LogP contribution in [0.25, 0.3) is 6.08 Å². The highest BCUT2D eigenvalue weighted by Crippen LogP contribution is 2.25. The van der Waals surface area contributed by atoms with Crippen LogP contribution in [0, 0.1) is 0 Å². The van der Waals surface area contributed by atoms with Gasteiger partial charge in [-0.05, 0) is 73.1 Å². The molecule has 0 saturated carbocycles. The van der Waals surface area contributed by atoms with E-state index in [1.807, 2.05) is 24.3 Å². The first kappa shape index (κ1) is 18.7. The molecule has 0 atom stereocenters. The zero-order chi connectivity index (χ0) is 19.7. The van der Waals surface area contributed by atoms with E-state index >= 15 is 0 Å². The predicted molar refractivity (Wildman–Crippen MR) is 116 cm³/mol. The van der Waals surface area contributed by atoms with Crippen LogP contribution < -0.4 is 15.1 Å². The number of amides is 2. The van der Waals surface area contributed by atoms with Crippen molar-refractivity contribution >= 4 is 58.2 Å². The maximum absolute atomic E-state index is 13.0. The lowest BCUT2D eigenvalue weighted by atomic mass is 10.1. The summed E-state index contributed by atoms with van der Waals surface area (Å²) >= 11 is 11.1. The molecule has 142 valence electrons. The van der Waals surface area contributed by atoms with Crippen LogP contribution in [0.3, 0.4) is 0 Å². The summed E-state index contributed by atoms with van der Waals surface area (Å²) in [6.45, 7) is 2.13. The molecule has 2 saturated heterocycles. The molecule has 2 aliphatic heterocycles. The number of halogens is 1. The lowest BCUT2D eigenvalue weighted by Gasteiger charge is -2.29. The Hall–Kier alpha value is -2.70. The molecule has 2 fully saturated rings. The summed E-state index contributed by atoms with van der Waals surface area (Å²) < 4.78 is 0. The Bertz CT molecular complexity index is 964. The second kappa shape index (κ2) is 7.73. The lowest BCUT2D eigenvalue weighted by Crippen LogP contribution is -2.54. The molecule has 2 aromatic rings. The summed E-state index contributed by atoms with van der Waals surface area (Å²) in [6.07, 6.45) is 4.01. The standard InChI is InChI=1S/C21H18ClN3O2S/c22-15-5-9-17(10-6-15)25-20(27)18(19(26)23-21(25)28)13-14-3-7-16(8-4-14)24-11-1-2-12-24/h3-10,13H,1-2,11-12H2,(H,23,26,28)/b18-13+. The van der Waals surface area contributed by atoms with E-state index in [-0.39, 0.29) is 10.7 Å². The van der Waals surface area contributed by atoms with Crippen LogP contribution in [0.2, 0.25) is 5.02 Å². The Morgan fingerprint density at radius 3 is 2.18 bits per heavy atom. The summed E-state index contributed by atoms with van der Waals surface area (Å²) in [5.41, 5.74) is 2.53. The van der Waals surface area contributed by atoms with Gasteiger partial charge in [-0.2, -0.15) is 0 Å². The highest BCUT2D eigenvalue weighted by molar-refractivity contribution is 7.80. The van der Waals surface area contributed by atoms with Crippen LogP contribution in [-0.2, 0) is 9.59 Å². The number of carbonyl (C=O) groups excluding carboxylic acids is 2. The van der Waals surface area contributed by atoms with Crippen molar-refractivity contribution in [1.29, 1.82) is 0 Å². The van der Waals surface area contributed by atoms with Crippen molar-refractivity contribution < 1.29 is 9.59 Å². The molecule has 5 nitrogen and oxygen atoms in total. The van der Waals surface area contributed by atoms with E-state index < -0.39 is 11.8 Å². The number of hydrogen-bond donors (Lipinski definition) is 1. The first-order valence-electron chi connectivity index (χ1n) is 9.05. The quantitative estimate of drug-likeness (QED) is 0.474. The van der Waals surface area contributed by atoms with Crippen molar-refractivity contribution in [2.45, 2.75) is 12.8 Å². The molecule has 2 aliphatic rings. The van der Waals surface area contributed by atoms with Crippen molar-refractivity contribution in [3.8, 4) is 0 Å². The fourth-order valence-corrected chi connectivity index (χ4v) is 3.81. The monoisotopic (exact) mass is 411 g/mol. The van der Waals surface area contributed by atoms with Crippen molar-refractivity contribution in [1.82, 2.24) is 5.32 Å². The van der Waals surface area contributed by atoms with Crippen LogP contribution in [0.4, 0.5) is 11.4 Å². The van der Waals surface area contributed by atoms with Crippen LogP contribution in [0.1, 0.15) is 18.4 Å². The van der Waals surface area contributed by atoms with Crippen molar-refractivity contribution in [2.24, 2.45) is 0 Å². The van der Waals surface area contributed by atoms with Gasteiger partial charge in [-0.15, -0.1) is 0 Å². The van der Waals surface area contributed by atoms with Gasteiger partial charge in [-0.3, -0.25) is 19.8 Å². The molecule has 0 unspecified atom stereocenters. The Morgan fingerprint density at radius 2 is 1.54 bits per heavy atom. The summed E-state index contributed by atoms with van der Waals surface area (Å²) in [5, 5.41) is 3.19. The van der Waals surface area contributed by atoms with E-state index in [0.717, 1.165) is 24.3 Å². The number of anilines is 2. The molecule has 7 heteroatoms. The molecule has 28 heavy (non-hydrogen) atoms. The zero-order valence-corrected chi connectivity index (χ0v) is 16.6. The minimum Gasteiger partial charge on any atom is -0.372 e. The van der Waals surface area contributed by atoms with E-state index in [4.69, 9.17) is 23.8 Å². The van der Waals surface area contributed by atoms with Crippen molar-refractivity contribution in [2.75, 3.05) is 22.9 Å². The number of nitrogens with zero attached hydrogens (tertiary/aromatic N) is 2. The average molecular weight is 412 g/mol. The largest absolute Gasteiger partial charge is 0.372 e. The Morgan fingerprint density at radius 1 is 0.929 bits per heavy atom. The lowest BCUT2D eigenvalue weighted by molar-refractivity contribution is -0.122. The minimum atomic E-state index is -0.496. The second-order valence-electron chi connectivity index (χ2n) is 6.72. The van der Waals surface area contributed by atoms with Gasteiger partial charge in [-0.25, -0.2) is 0 Å². The summed E-state index contributed by atoms with van der Waals surface area (Å²) in [6, 6.07) is 14.6. The maximum atomic E-state index is 13.0. The molecular weight excluding hydrogens is 394 g/mol. The van der Waals surface area contributed by atoms with Crippen molar-refractivity contribution in [3.05, 3.63) is 64.7 Å². The molecule has 0 radical (unpaired) electrons. The van der Waals surface area contributed by atoms with E-state index in [0.29, 0.717) is 10.7 Å². The summed E-state index contributed by atoms with van der Waals surface area (Å²) in [7, 11) is 0. The summed E-state index contributed by atoms with van der Waals surface area (Å²) in [5.74, 6) is -0.955. The third kappa shape index (κ3) is 3.66. The van der Waals surface area contributed by atoms with Gasteiger partial charge in [0.15, 0.2) is 5.11 Å². The highest BCUT2D eigenvalue weighted by Gasteiger charge is 2.34. The molecule has 1 N–H and O–H groups in total. The van der Waals surface area contributed by atoms with Gasteiger partial charge in [0.05, 0.1) is 5.69 Å². The third-order valence-corrected chi connectivity index (χ3v) is 5.40. The van der Waals surface area contributed by atoms with E-state index in [9.17, 15) is 9.59 Å². The smallest absolute Gasteiger partial charge is 0.270 e. The maximum Gasteiger partial charge on any atom is 0.270 e. The normalized spacial score (nSPS) is 18.8. The second-order valence-corrected chi connectivity index (χ2v) is 7.54. The Kier molecular flexibility index (Phi) is 5.15. The Balaban J connectivity index is 1.62. The highest BCUT2D eigenvalue weighted by atomic mass is 35.5. The number of carbonyl (C=O) groups is 2. The number of nitrogens with one attached hydrogen (secondary N) is 1. The first-order chi connectivity index (χ1) is 13.5. The van der Waals surface area contributed by atoms with E-state index in [2.05, 4.69) is 10.2 Å². The molecular formula is C21H18ClN3O2S. The van der Waals surface area contributed by atoms with E-state index in [1.165, 1.54) is 17.7 Å².